The molecule has 0 radical (unpaired) electrons. The van der Waals surface area contributed by atoms with Crippen LogP contribution in [0.15, 0.2) is 0 Å². The topological polar surface area (TPSA) is 3.24 Å². The molecule has 1 heterocycles. The summed E-state index contributed by atoms with van der Waals surface area (Å²) in [5.41, 5.74) is 0. The lowest BCUT2D eigenvalue weighted by Gasteiger charge is -2.22. The average molecular weight is 204 g/mol. The SMILES string of the molecule is CCC1CCCN1CCCCCCl. The van der Waals surface area contributed by atoms with Gasteiger partial charge in [0.15, 0.2) is 0 Å². The summed E-state index contributed by atoms with van der Waals surface area (Å²) >= 11 is 5.64. The van der Waals surface area contributed by atoms with Crippen molar-refractivity contribution < 1.29 is 0 Å². The molecule has 0 amide bonds. The summed E-state index contributed by atoms with van der Waals surface area (Å²) < 4.78 is 0. The van der Waals surface area contributed by atoms with E-state index in [-0.39, 0.29) is 0 Å². The van der Waals surface area contributed by atoms with Crippen LogP contribution in [0.5, 0.6) is 0 Å². The summed E-state index contributed by atoms with van der Waals surface area (Å²) in [7, 11) is 0. The van der Waals surface area contributed by atoms with E-state index < -0.39 is 0 Å². The minimum absolute atomic E-state index is 0.831. The first kappa shape index (κ1) is 11.3. The average Bonchev–Trinajstić information content (AvgIpc) is 2.60. The van der Waals surface area contributed by atoms with E-state index in [0.29, 0.717) is 0 Å². The molecule has 13 heavy (non-hydrogen) atoms. The van der Waals surface area contributed by atoms with E-state index in [0.717, 1.165) is 11.9 Å². The second-order valence-corrected chi connectivity index (χ2v) is 4.37. The Labute approximate surface area is 87.4 Å². The highest BCUT2D eigenvalue weighted by Crippen LogP contribution is 2.20. The van der Waals surface area contributed by atoms with Gasteiger partial charge < -0.3 is 4.90 Å². The van der Waals surface area contributed by atoms with Gasteiger partial charge in [-0.15, -0.1) is 11.6 Å². The van der Waals surface area contributed by atoms with Crippen LogP contribution < -0.4 is 0 Å². The van der Waals surface area contributed by atoms with Crippen LogP contribution in [0.4, 0.5) is 0 Å². The summed E-state index contributed by atoms with van der Waals surface area (Å²) in [5.74, 6) is 0.831. The van der Waals surface area contributed by atoms with E-state index in [4.69, 9.17) is 11.6 Å². The molecule has 0 aromatic heterocycles. The standard InChI is InChI=1S/C11H22ClN/c1-2-11-7-6-10-13(11)9-5-3-4-8-12/h11H,2-10H2,1H3. The van der Waals surface area contributed by atoms with Gasteiger partial charge in [0.05, 0.1) is 0 Å². The van der Waals surface area contributed by atoms with Gasteiger partial charge in [-0.25, -0.2) is 0 Å². The zero-order chi connectivity index (χ0) is 9.52. The number of likely N-dealkylation sites (tertiary alicyclic amines) is 1. The molecule has 1 nitrogen and oxygen atoms in total. The van der Waals surface area contributed by atoms with Gasteiger partial charge in [-0.3, -0.25) is 0 Å². The number of halogens is 1. The van der Waals surface area contributed by atoms with Crippen LogP contribution in [0.2, 0.25) is 0 Å². The van der Waals surface area contributed by atoms with E-state index in [1.54, 1.807) is 0 Å². The van der Waals surface area contributed by atoms with Crippen molar-refractivity contribution in [2.45, 2.75) is 51.5 Å². The molecule has 0 N–H and O–H groups in total. The summed E-state index contributed by atoms with van der Waals surface area (Å²) in [6.45, 7) is 4.94. The first-order valence-electron chi connectivity index (χ1n) is 5.68. The van der Waals surface area contributed by atoms with Gasteiger partial charge in [0.1, 0.15) is 0 Å². The fraction of sp³-hybridized carbons (Fsp3) is 1.00. The molecular formula is C11H22ClN. The van der Waals surface area contributed by atoms with Crippen molar-refractivity contribution in [3.8, 4) is 0 Å². The predicted octanol–water partition coefficient (Wildman–Crippen LogP) is 3.27. The van der Waals surface area contributed by atoms with Gasteiger partial charge in [0.2, 0.25) is 0 Å². The second kappa shape index (κ2) is 6.67. The van der Waals surface area contributed by atoms with Crippen molar-refractivity contribution in [2.24, 2.45) is 0 Å². The zero-order valence-electron chi connectivity index (χ0n) is 8.77. The van der Waals surface area contributed by atoms with Crippen molar-refractivity contribution in [1.29, 1.82) is 0 Å². The van der Waals surface area contributed by atoms with Crippen LogP contribution in [0, 0.1) is 0 Å². The number of nitrogens with zero attached hydrogens (tertiary/aromatic N) is 1. The van der Waals surface area contributed by atoms with Crippen molar-refractivity contribution >= 4 is 11.6 Å². The molecule has 0 aromatic carbocycles. The Balaban J connectivity index is 2.06. The maximum Gasteiger partial charge on any atom is 0.0223 e. The van der Waals surface area contributed by atoms with Gasteiger partial charge in [-0.1, -0.05) is 13.3 Å². The van der Waals surface area contributed by atoms with Crippen LogP contribution >= 0.6 is 11.6 Å². The Morgan fingerprint density at radius 1 is 1.31 bits per heavy atom. The molecule has 1 rings (SSSR count). The minimum atomic E-state index is 0.831. The maximum absolute atomic E-state index is 5.64. The molecule has 0 bridgehead atoms. The largest absolute Gasteiger partial charge is 0.300 e. The Bertz CT molecular complexity index is 127. The predicted molar refractivity (Wildman–Crippen MR) is 59.5 cm³/mol. The fourth-order valence-corrected chi connectivity index (χ4v) is 2.43. The molecule has 0 aliphatic carbocycles. The molecule has 2 heteroatoms. The van der Waals surface area contributed by atoms with E-state index in [1.165, 1.54) is 51.6 Å². The highest BCUT2D eigenvalue weighted by Gasteiger charge is 2.21. The second-order valence-electron chi connectivity index (χ2n) is 3.99. The molecule has 78 valence electrons. The van der Waals surface area contributed by atoms with Gasteiger partial charge >= 0.3 is 0 Å². The fourth-order valence-electron chi connectivity index (χ4n) is 2.24. The van der Waals surface area contributed by atoms with E-state index in [1.807, 2.05) is 0 Å². The monoisotopic (exact) mass is 203 g/mol. The van der Waals surface area contributed by atoms with E-state index >= 15 is 0 Å². The molecule has 1 saturated heterocycles. The molecule has 0 saturated carbocycles. The molecule has 1 fully saturated rings. The Hall–Kier alpha value is 0.250. The minimum Gasteiger partial charge on any atom is -0.300 e. The molecule has 1 aliphatic heterocycles. The van der Waals surface area contributed by atoms with Gasteiger partial charge in [-0.05, 0) is 45.2 Å². The molecule has 0 aromatic rings. The van der Waals surface area contributed by atoms with Crippen LogP contribution in [0.25, 0.3) is 0 Å². The van der Waals surface area contributed by atoms with Gasteiger partial charge in [0.25, 0.3) is 0 Å². The number of hydrogen-bond donors (Lipinski definition) is 0. The van der Waals surface area contributed by atoms with Crippen molar-refractivity contribution in [3.63, 3.8) is 0 Å². The lowest BCUT2D eigenvalue weighted by atomic mass is 10.1. The van der Waals surface area contributed by atoms with Gasteiger partial charge in [-0.2, -0.15) is 0 Å². The lowest BCUT2D eigenvalue weighted by molar-refractivity contribution is 0.243. The Morgan fingerprint density at radius 3 is 2.85 bits per heavy atom. The molecule has 0 spiro atoms. The van der Waals surface area contributed by atoms with Crippen LogP contribution in [0.3, 0.4) is 0 Å². The third kappa shape index (κ3) is 3.86. The van der Waals surface area contributed by atoms with Crippen LogP contribution in [-0.2, 0) is 0 Å². The molecular weight excluding hydrogens is 182 g/mol. The third-order valence-corrected chi connectivity index (χ3v) is 3.32. The summed E-state index contributed by atoms with van der Waals surface area (Å²) in [6.07, 6.45) is 7.99. The summed E-state index contributed by atoms with van der Waals surface area (Å²) in [6, 6.07) is 0.885. The maximum atomic E-state index is 5.64. The van der Waals surface area contributed by atoms with Crippen LogP contribution in [-0.4, -0.2) is 29.9 Å². The number of hydrogen-bond acceptors (Lipinski definition) is 1. The quantitative estimate of drug-likeness (QED) is 0.473. The normalized spacial score (nSPS) is 24.0. The molecule has 1 unspecified atom stereocenters. The Morgan fingerprint density at radius 2 is 2.15 bits per heavy atom. The first-order valence-corrected chi connectivity index (χ1v) is 6.22. The number of rotatable bonds is 6. The van der Waals surface area contributed by atoms with E-state index in [2.05, 4.69) is 11.8 Å². The van der Waals surface area contributed by atoms with Crippen LogP contribution in [0.1, 0.15) is 45.4 Å². The highest BCUT2D eigenvalue weighted by molar-refractivity contribution is 6.17. The summed E-state index contributed by atoms with van der Waals surface area (Å²) in [5, 5.41) is 0. The van der Waals surface area contributed by atoms with Gasteiger partial charge in [0, 0.05) is 11.9 Å². The zero-order valence-corrected chi connectivity index (χ0v) is 9.52. The first-order chi connectivity index (χ1) is 6.38. The third-order valence-electron chi connectivity index (χ3n) is 3.05. The molecule has 1 atom stereocenters. The van der Waals surface area contributed by atoms with E-state index in [9.17, 15) is 0 Å². The summed E-state index contributed by atoms with van der Waals surface area (Å²) in [4.78, 5) is 2.66. The highest BCUT2D eigenvalue weighted by atomic mass is 35.5. The van der Waals surface area contributed by atoms with Crippen molar-refractivity contribution in [1.82, 2.24) is 4.90 Å². The number of alkyl halides is 1. The Kier molecular flexibility index (Phi) is 5.81. The molecule has 1 aliphatic rings. The van der Waals surface area contributed by atoms with Crippen molar-refractivity contribution in [3.05, 3.63) is 0 Å². The van der Waals surface area contributed by atoms with Crippen molar-refractivity contribution in [2.75, 3.05) is 19.0 Å². The number of unbranched alkanes of at least 4 members (excludes halogenated alkanes) is 2. The smallest absolute Gasteiger partial charge is 0.0223 e. The lowest BCUT2D eigenvalue weighted by Crippen LogP contribution is -2.29.